The molecule has 1 amide bonds. The lowest BCUT2D eigenvalue weighted by Crippen LogP contribution is -2.39. The van der Waals surface area contributed by atoms with Crippen molar-refractivity contribution in [2.45, 2.75) is 38.1 Å². The van der Waals surface area contributed by atoms with Crippen molar-refractivity contribution in [1.29, 1.82) is 5.26 Å². The van der Waals surface area contributed by atoms with Gasteiger partial charge in [0.05, 0.1) is 12.6 Å². The average molecular weight is 316 g/mol. The van der Waals surface area contributed by atoms with Gasteiger partial charge in [-0.3, -0.25) is 4.79 Å². The summed E-state index contributed by atoms with van der Waals surface area (Å²) in [4.78, 5) is 16.1. The molecule has 2 fully saturated rings. The molecule has 1 saturated heterocycles. The number of carbonyl (C=O) groups excluding carboxylic acids is 1. The van der Waals surface area contributed by atoms with E-state index in [1.807, 2.05) is 22.1 Å². The molecule has 0 radical (unpaired) electrons. The highest BCUT2D eigenvalue weighted by molar-refractivity contribution is 5.78. The van der Waals surface area contributed by atoms with Crippen molar-refractivity contribution < 1.29 is 4.79 Å². The van der Waals surface area contributed by atoms with Crippen LogP contribution in [0, 0.1) is 17.2 Å². The molecular formula is C18H28N4O. The van der Waals surface area contributed by atoms with Crippen LogP contribution in [0.2, 0.25) is 0 Å². The van der Waals surface area contributed by atoms with E-state index in [0.29, 0.717) is 25.0 Å². The number of nitriles is 1. The van der Waals surface area contributed by atoms with Crippen LogP contribution in [0.1, 0.15) is 32.1 Å². The van der Waals surface area contributed by atoms with Gasteiger partial charge in [0.1, 0.15) is 6.54 Å². The van der Waals surface area contributed by atoms with Gasteiger partial charge in [0.25, 0.3) is 0 Å². The Morgan fingerprint density at radius 3 is 2.87 bits per heavy atom. The van der Waals surface area contributed by atoms with Crippen molar-refractivity contribution in [2.24, 2.45) is 5.92 Å². The van der Waals surface area contributed by atoms with Gasteiger partial charge in [-0.2, -0.15) is 5.26 Å². The minimum Gasteiger partial charge on any atom is -0.364 e. The van der Waals surface area contributed by atoms with Crippen molar-refractivity contribution in [2.75, 3.05) is 32.7 Å². The fourth-order valence-electron chi connectivity index (χ4n) is 3.52. The van der Waals surface area contributed by atoms with Gasteiger partial charge in [0.15, 0.2) is 0 Å². The number of hydrogen-bond acceptors (Lipinski definition) is 4. The Morgan fingerprint density at radius 1 is 1.39 bits per heavy atom. The molecule has 2 aliphatic rings. The Morgan fingerprint density at radius 2 is 2.17 bits per heavy atom. The van der Waals surface area contributed by atoms with Gasteiger partial charge in [-0.25, -0.2) is 0 Å². The molecule has 126 valence electrons. The predicted octanol–water partition coefficient (Wildman–Crippen LogP) is 1.89. The quantitative estimate of drug-likeness (QED) is 0.549. The Labute approximate surface area is 139 Å². The van der Waals surface area contributed by atoms with Crippen molar-refractivity contribution >= 4 is 5.91 Å². The third-order valence-corrected chi connectivity index (χ3v) is 4.74. The molecule has 0 aromatic carbocycles. The molecule has 1 heterocycles. The molecule has 0 spiro atoms. The van der Waals surface area contributed by atoms with Crippen LogP contribution in [0.25, 0.3) is 0 Å². The molecule has 1 saturated carbocycles. The number of hydrogen-bond donors (Lipinski definition) is 1. The maximum absolute atomic E-state index is 12.1. The first kappa shape index (κ1) is 17.6. The minimum atomic E-state index is 0.242. The summed E-state index contributed by atoms with van der Waals surface area (Å²) in [5.41, 5.74) is 0. The third kappa shape index (κ3) is 5.72. The van der Waals surface area contributed by atoms with Gasteiger partial charge in [0, 0.05) is 31.9 Å². The Balaban J connectivity index is 1.70. The number of likely N-dealkylation sites (tertiary alicyclic amines) is 1. The summed E-state index contributed by atoms with van der Waals surface area (Å²) in [6.07, 6.45) is 11.2. The van der Waals surface area contributed by atoms with Crippen LogP contribution in [0.3, 0.4) is 0 Å². The normalized spacial score (nSPS) is 24.0. The van der Waals surface area contributed by atoms with Gasteiger partial charge in [-0.1, -0.05) is 12.7 Å². The molecule has 0 aromatic heterocycles. The zero-order valence-electron chi connectivity index (χ0n) is 13.9. The molecule has 5 heteroatoms. The van der Waals surface area contributed by atoms with Gasteiger partial charge in [0.2, 0.25) is 5.91 Å². The average Bonchev–Trinajstić information content (AvgIpc) is 3.22. The standard InChI is InChI=1S/C18H28N4O/c1-2-3-9-21(12-8-19)15-16-6-7-17(13-16)20-14-18(23)22-10-4-5-11-22/h2-3,9,16-17,20H,1,4-7,10-15H2/b9-3-. The molecule has 5 nitrogen and oxygen atoms in total. The molecule has 2 rings (SSSR count). The van der Waals surface area contributed by atoms with E-state index in [2.05, 4.69) is 18.0 Å². The molecule has 1 aliphatic carbocycles. The van der Waals surface area contributed by atoms with Crippen LogP contribution in [0.4, 0.5) is 0 Å². The fourth-order valence-corrected chi connectivity index (χ4v) is 3.52. The van der Waals surface area contributed by atoms with E-state index in [1.54, 1.807) is 6.08 Å². The Hall–Kier alpha value is -1.80. The zero-order valence-corrected chi connectivity index (χ0v) is 13.9. The summed E-state index contributed by atoms with van der Waals surface area (Å²) in [5.74, 6) is 0.822. The number of allylic oxidation sites excluding steroid dienone is 2. The first-order valence-corrected chi connectivity index (χ1v) is 8.64. The fraction of sp³-hybridized carbons (Fsp3) is 0.667. The van der Waals surface area contributed by atoms with Crippen LogP contribution < -0.4 is 5.32 Å². The maximum Gasteiger partial charge on any atom is 0.236 e. The second-order valence-corrected chi connectivity index (χ2v) is 6.51. The van der Waals surface area contributed by atoms with E-state index in [1.165, 1.54) is 0 Å². The highest BCUT2D eigenvalue weighted by Crippen LogP contribution is 2.26. The van der Waals surface area contributed by atoms with E-state index >= 15 is 0 Å². The lowest BCUT2D eigenvalue weighted by atomic mass is 10.1. The second-order valence-electron chi connectivity index (χ2n) is 6.51. The topological polar surface area (TPSA) is 59.4 Å². The number of nitrogens with one attached hydrogen (secondary N) is 1. The molecule has 0 aromatic rings. The lowest BCUT2D eigenvalue weighted by molar-refractivity contribution is -0.129. The van der Waals surface area contributed by atoms with Gasteiger partial charge >= 0.3 is 0 Å². The summed E-state index contributed by atoms with van der Waals surface area (Å²) in [6, 6.07) is 2.64. The van der Waals surface area contributed by atoms with Crippen molar-refractivity contribution in [3.63, 3.8) is 0 Å². The van der Waals surface area contributed by atoms with Crippen LogP contribution >= 0.6 is 0 Å². The highest BCUT2D eigenvalue weighted by Gasteiger charge is 2.26. The molecular weight excluding hydrogens is 288 g/mol. The largest absolute Gasteiger partial charge is 0.364 e. The molecule has 2 unspecified atom stereocenters. The Kier molecular flexibility index (Phi) is 7.15. The number of amides is 1. The van der Waals surface area contributed by atoms with Gasteiger partial charge in [-0.05, 0) is 44.1 Å². The zero-order chi connectivity index (χ0) is 16.5. The highest BCUT2D eigenvalue weighted by atomic mass is 16.2. The first-order valence-electron chi connectivity index (χ1n) is 8.64. The molecule has 2 atom stereocenters. The number of carbonyl (C=O) groups is 1. The van der Waals surface area contributed by atoms with E-state index in [-0.39, 0.29) is 5.91 Å². The Bertz CT molecular complexity index is 462. The smallest absolute Gasteiger partial charge is 0.236 e. The summed E-state index contributed by atoms with van der Waals surface area (Å²) in [7, 11) is 0. The molecule has 0 bridgehead atoms. The summed E-state index contributed by atoms with van der Waals surface area (Å²) < 4.78 is 0. The summed E-state index contributed by atoms with van der Waals surface area (Å²) in [6.45, 7) is 7.29. The SMILES string of the molecule is C=C/C=C\N(CC#N)CC1CCC(NCC(=O)N2CCCC2)C1. The van der Waals surface area contributed by atoms with Gasteiger partial charge in [-0.15, -0.1) is 0 Å². The number of nitrogens with zero attached hydrogens (tertiary/aromatic N) is 3. The maximum atomic E-state index is 12.1. The number of rotatable bonds is 8. The van der Waals surface area contributed by atoms with E-state index in [9.17, 15) is 4.79 Å². The third-order valence-electron chi connectivity index (χ3n) is 4.74. The summed E-state index contributed by atoms with van der Waals surface area (Å²) >= 11 is 0. The van der Waals surface area contributed by atoms with Crippen LogP contribution in [0.5, 0.6) is 0 Å². The molecule has 1 aliphatic heterocycles. The van der Waals surface area contributed by atoms with Gasteiger partial charge < -0.3 is 15.1 Å². The summed E-state index contributed by atoms with van der Waals surface area (Å²) in [5, 5.41) is 12.3. The van der Waals surface area contributed by atoms with E-state index < -0.39 is 0 Å². The first-order chi connectivity index (χ1) is 11.2. The molecule has 23 heavy (non-hydrogen) atoms. The van der Waals surface area contributed by atoms with E-state index in [0.717, 1.165) is 51.7 Å². The van der Waals surface area contributed by atoms with Crippen LogP contribution in [0.15, 0.2) is 24.9 Å². The lowest BCUT2D eigenvalue weighted by Gasteiger charge is -2.21. The minimum absolute atomic E-state index is 0.242. The second kappa shape index (κ2) is 9.36. The van der Waals surface area contributed by atoms with Crippen molar-refractivity contribution in [1.82, 2.24) is 15.1 Å². The van der Waals surface area contributed by atoms with Crippen molar-refractivity contribution in [3.8, 4) is 6.07 Å². The van der Waals surface area contributed by atoms with E-state index in [4.69, 9.17) is 5.26 Å². The predicted molar refractivity (Wildman–Crippen MR) is 91.5 cm³/mol. The van der Waals surface area contributed by atoms with Crippen LogP contribution in [-0.2, 0) is 4.79 Å². The van der Waals surface area contributed by atoms with Crippen molar-refractivity contribution in [3.05, 3.63) is 24.9 Å². The monoisotopic (exact) mass is 316 g/mol. The molecule has 1 N–H and O–H groups in total. The van der Waals surface area contributed by atoms with Crippen LogP contribution in [-0.4, -0.2) is 54.5 Å².